The van der Waals surface area contributed by atoms with Gasteiger partial charge in [0.25, 0.3) is 0 Å². The van der Waals surface area contributed by atoms with Crippen LogP contribution in [0.4, 0.5) is 0 Å². The molecule has 0 heterocycles. The van der Waals surface area contributed by atoms with Crippen molar-refractivity contribution in [1.29, 1.82) is 0 Å². The van der Waals surface area contributed by atoms with Crippen LogP contribution in [0.2, 0.25) is 0 Å². The molecule has 1 N–H and O–H groups in total. The van der Waals surface area contributed by atoms with Gasteiger partial charge in [0, 0.05) is 12.1 Å². The topological polar surface area (TPSA) is 21.3 Å². The molecule has 0 fully saturated rings. The molecule has 4 heteroatoms. The van der Waals surface area contributed by atoms with Gasteiger partial charge in [-0.1, -0.05) is 51.1 Å². The van der Waals surface area contributed by atoms with E-state index in [0.29, 0.717) is 12.0 Å². The molecule has 0 unspecified atom stereocenters. The van der Waals surface area contributed by atoms with Crippen molar-refractivity contribution in [1.82, 2.24) is 5.32 Å². The van der Waals surface area contributed by atoms with Crippen LogP contribution in [0.25, 0.3) is 0 Å². The fourth-order valence-corrected chi connectivity index (χ4v) is 4.82. The Hall–Kier alpha value is -0.840. The van der Waals surface area contributed by atoms with Gasteiger partial charge in [-0.25, -0.2) is 0 Å². The van der Waals surface area contributed by atoms with Crippen molar-refractivity contribution in [2.24, 2.45) is 5.41 Å². The predicted octanol–water partition coefficient (Wildman–Crippen LogP) is 7.10. The third-order valence-electron chi connectivity index (χ3n) is 4.03. The number of rotatable bonds is 7. The maximum atomic E-state index is 6.01. The third-order valence-corrected chi connectivity index (χ3v) is 5.21. The van der Waals surface area contributed by atoms with Gasteiger partial charge in [0.15, 0.2) is 0 Å². The zero-order valence-corrected chi connectivity index (χ0v) is 19.5. The van der Waals surface area contributed by atoms with Gasteiger partial charge >= 0.3 is 0 Å². The van der Waals surface area contributed by atoms with Crippen LogP contribution in [0.3, 0.4) is 0 Å². The molecular formula is C22H29Br2NO. The van der Waals surface area contributed by atoms with Crippen LogP contribution in [0, 0.1) is 5.41 Å². The minimum Gasteiger partial charge on any atom is -0.487 e. The van der Waals surface area contributed by atoms with E-state index in [1.807, 2.05) is 18.2 Å². The Morgan fingerprint density at radius 2 is 1.46 bits per heavy atom. The van der Waals surface area contributed by atoms with Crippen LogP contribution in [-0.2, 0) is 13.2 Å². The first kappa shape index (κ1) is 21.5. The lowest BCUT2D eigenvalue weighted by molar-refractivity contribution is 0.240. The van der Waals surface area contributed by atoms with Crippen molar-refractivity contribution in [2.75, 3.05) is 0 Å². The summed E-state index contributed by atoms with van der Waals surface area (Å²) in [6.07, 6.45) is 1.11. The van der Waals surface area contributed by atoms with E-state index in [1.54, 1.807) is 0 Å². The average Bonchev–Trinajstić information content (AvgIpc) is 2.51. The zero-order valence-electron chi connectivity index (χ0n) is 16.3. The minimum atomic E-state index is 0.0830. The largest absolute Gasteiger partial charge is 0.487 e. The van der Waals surface area contributed by atoms with E-state index in [0.717, 1.165) is 33.2 Å². The van der Waals surface area contributed by atoms with Crippen LogP contribution < -0.4 is 10.1 Å². The van der Waals surface area contributed by atoms with Crippen LogP contribution in [0.15, 0.2) is 51.4 Å². The summed E-state index contributed by atoms with van der Waals surface area (Å²) in [6.45, 7) is 12.7. The molecule has 0 aromatic heterocycles. The van der Waals surface area contributed by atoms with Crippen molar-refractivity contribution in [3.05, 3.63) is 62.5 Å². The smallest absolute Gasteiger partial charge is 0.148 e. The van der Waals surface area contributed by atoms with Crippen LogP contribution in [0.5, 0.6) is 5.75 Å². The molecule has 0 atom stereocenters. The second-order valence-electron chi connectivity index (χ2n) is 8.64. The number of halogens is 2. The van der Waals surface area contributed by atoms with Gasteiger partial charge < -0.3 is 10.1 Å². The molecule has 0 aliphatic heterocycles. The van der Waals surface area contributed by atoms with Crippen molar-refractivity contribution in [3.63, 3.8) is 0 Å². The molecule has 0 saturated carbocycles. The van der Waals surface area contributed by atoms with Gasteiger partial charge in [-0.2, -0.15) is 0 Å². The van der Waals surface area contributed by atoms with E-state index in [2.05, 4.69) is 96.1 Å². The van der Waals surface area contributed by atoms with Crippen molar-refractivity contribution in [3.8, 4) is 5.75 Å². The van der Waals surface area contributed by atoms with Gasteiger partial charge in [0.1, 0.15) is 12.4 Å². The molecule has 0 amide bonds. The maximum Gasteiger partial charge on any atom is 0.148 e. The molecule has 142 valence electrons. The van der Waals surface area contributed by atoms with Gasteiger partial charge in [-0.15, -0.1) is 0 Å². The minimum absolute atomic E-state index is 0.0830. The summed E-state index contributed by atoms with van der Waals surface area (Å²) in [4.78, 5) is 0. The number of hydrogen-bond acceptors (Lipinski definition) is 2. The van der Waals surface area contributed by atoms with Crippen LogP contribution in [0.1, 0.15) is 52.2 Å². The molecule has 2 aromatic carbocycles. The standard InChI is InChI=1S/C22H29Br2NO/c1-21(2,3)15-22(4,5)25-13-17-11-18(23)20(19(24)12-17)26-14-16-9-7-6-8-10-16/h6-12,25H,13-15H2,1-5H3. The predicted molar refractivity (Wildman–Crippen MR) is 118 cm³/mol. The summed E-state index contributed by atoms with van der Waals surface area (Å²) < 4.78 is 7.94. The fourth-order valence-electron chi connectivity index (χ4n) is 3.31. The molecule has 0 saturated heterocycles. The van der Waals surface area contributed by atoms with E-state index in [9.17, 15) is 0 Å². The SMILES string of the molecule is CC(C)(C)CC(C)(C)NCc1cc(Br)c(OCc2ccccc2)c(Br)c1. The van der Waals surface area contributed by atoms with E-state index >= 15 is 0 Å². The number of nitrogens with one attached hydrogen (secondary N) is 1. The lowest BCUT2D eigenvalue weighted by atomic mass is 9.82. The summed E-state index contributed by atoms with van der Waals surface area (Å²) in [7, 11) is 0. The molecule has 2 nitrogen and oxygen atoms in total. The lowest BCUT2D eigenvalue weighted by Crippen LogP contribution is -2.41. The molecule has 0 aliphatic carbocycles. The average molecular weight is 483 g/mol. The molecule has 0 aliphatic rings. The number of benzene rings is 2. The Morgan fingerprint density at radius 1 is 0.885 bits per heavy atom. The highest BCUT2D eigenvalue weighted by Gasteiger charge is 2.24. The molecule has 0 bridgehead atoms. The second kappa shape index (κ2) is 8.90. The zero-order chi connectivity index (χ0) is 19.4. The monoisotopic (exact) mass is 481 g/mol. The highest BCUT2D eigenvalue weighted by Crippen LogP contribution is 2.35. The maximum absolute atomic E-state index is 6.01. The molecule has 2 rings (SSSR count). The van der Waals surface area contributed by atoms with Crippen molar-refractivity contribution in [2.45, 2.75) is 59.7 Å². The van der Waals surface area contributed by atoms with Crippen LogP contribution in [-0.4, -0.2) is 5.54 Å². The van der Waals surface area contributed by atoms with E-state index < -0.39 is 0 Å². The van der Waals surface area contributed by atoms with Crippen molar-refractivity contribution < 1.29 is 4.74 Å². The normalized spacial score (nSPS) is 12.3. The van der Waals surface area contributed by atoms with Crippen molar-refractivity contribution >= 4 is 31.9 Å². The van der Waals surface area contributed by atoms with Crippen LogP contribution >= 0.6 is 31.9 Å². The molecular weight excluding hydrogens is 454 g/mol. The third kappa shape index (κ3) is 7.05. The molecule has 2 aromatic rings. The Kier molecular flexibility index (Phi) is 7.35. The summed E-state index contributed by atoms with van der Waals surface area (Å²) in [6, 6.07) is 14.5. The Bertz CT molecular complexity index is 698. The fraction of sp³-hybridized carbons (Fsp3) is 0.455. The first-order valence-corrected chi connectivity index (χ1v) is 10.5. The Labute approximate surface area is 175 Å². The van der Waals surface area contributed by atoms with Gasteiger partial charge in [-0.05, 0) is 80.8 Å². The number of hydrogen-bond donors (Lipinski definition) is 1. The Balaban J connectivity index is 2.02. The van der Waals surface area contributed by atoms with E-state index in [1.165, 1.54) is 5.56 Å². The quantitative estimate of drug-likeness (QED) is 0.454. The summed E-state index contributed by atoms with van der Waals surface area (Å²) in [5, 5.41) is 3.68. The van der Waals surface area contributed by atoms with Gasteiger partial charge in [0.05, 0.1) is 8.95 Å². The summed E-state index contributed by atoms with van der Waals surface area (Å²) in [5.74, 6) is 0.839. The highest BCUT2D eigenvalue weighted by molar-refractivity contribution is 9.11. The molecule has 0 spiro atoms. The lowest BCUT2D eigenvalue weighted by Gasteiger charge is -2.33. The van der Waals surface area contributed by atoms with Gasteiger partial charge in [-0.3, -0.25) is 0 Å². The first-order chi connectivity index (χ1) is 12.1. The van der Waals surface area contributed by atoms with E-state index in [-0.39, 0.29) is 5.54 Å². The summed E-state index contributed by atoms with van der Waals surface area (Å²) in [5.41, 5.74) is 2.76. The Morgan fingerprint density at radius 3 is 2.00 bits per heavy atom. The number of ether oxygens (including phenoxy) is 1. The van der Waals surface area contributed by atoms with Gasteiger partial charge in [0.2, 0.25) is 0 Å². The van der Waals surface area contributed by atoms with E-state index in [4.69, 9.17) is 4.74 Å². The first-order valence-electron chi connectivity index (χ1n) is 8.95. The molecule has 26 heavy (non-hydrogen) atoms. The summed E-state index contributed by atoms with van der Waals surface area (Å²) >= 11 is 7.32. The highest BCUT2D eigenvalue weighted by atomic mass is 79.9. The molecule has 0 radical (unpaired) electrons. The second-order valence-corrected chi connectivity index (χ2v) is 10.3.